The molecule has 0 bridgehead atoms. The van der Waals surface area contributed by atoms with Crippen LogP contribution in [0.4, 0.5) is 0 Å². The number of benzene rings is 3. The van der Waals surface area contributed by atoms with Crippen LogP contribution >= 0.6 is 0 Å². The number of fused-ring (bicyclic) bond motifs is 1. The van der Waals surface area contributed by atoms with Crippen LogP contribution in [0.1, 0.15) is 32.8 Å². The van der Waals surface area contributed by atoms with Crippen molar-refractivity contribution in [2.24, 2.45) is 0 Å². The molecule has 1 heterocycles. The minimum atomic E-state index is 0.129. The van der Waals surface area contributed by atoms with Gasteiger partial charge in [-0.2, -0.15) is 0 Å². The highest BCUT2D eigenvalue weighted by atomic mass is 16.5. The zero-order valence-corrected chi connectivity index (χ0v) is 21.4. The van der Waals surface area contributed by atoms with E-state index in [9.17, 15) is 0 Å². The number of para-hydroxylation sites is 2. The van der Waals surface area contributed by atoms with Crippen molar-refractivity contribution in [2.75, 3.05) is 27.9 Å². The third-order valence-electron chi connectivity index (χ3n) is 6.09. The summed E-state index contributed by atoms with van der Waals surface area (Å²) in [5.41, 5.74) is 4.34. The van der Waals surface area contributed by atoms with Crippen LogP contribution < -0.4 is 18.9 Å². The third kappa shape index (κ3) is 5.21. The molecule has 4 aromatic rings. The monoisotopic (exact) mass is 474 g/mol. The lowest BCUT2D eigenvalue weighted by atomic mass is 9.87. The van der Waals surface area contributed by atoms with E-state index < -0.39 is 0 Å². The molecule has 35 heavy (non-hydrogen) atoms. The van der Waals surface area contributed by atoms with Gasteiger partial charge in [-0.05, 0) is 53.8 Å². The van der Waals surface area contributed by atoms with Gasteiger partial charge in [-0.25, -0.2) is 4.98 Å². The number of hydrogen-bond acceptors (Lipinski definition) is 5. The van der Waals surface area contributed by atoms with Crippen molar-refractivity contribution in [2.45, 2.75) is 39.2 Å². The van der Waals surface area contributed by atoms with Crippen molar-refractivity contribution in [1.29, 1.82) is 0 Å². The average molecular weight is 475 g/mol. The summed E-state index contributed by atoms with van der Waals surface area (Å²) >= 11 is 0. The quantitative estimate of drug-likeness (QED) is 0.259. The molecule has 0 unspecified atom stereocenters. The fourth-order valence-corrected chi connectivity index (χ4v) is 4.20. The zero-order chi connectivity index (χ0) is 25.0. The number of hydrogen-bond donors (Lipinski definition) is 0. The summed E-state index contributed by atoms with van der Waals surface area (Å²) in [7, 11) is 4.84. The van der Waals surface area contributed by atoms with Crippen LogP contribution in [-0.4, -0.2) is 37.5 Å². The molecule has 1 aromatic heterocycles. The average Bonchev–Trinajstić information content (AvgIpc) is 3.24. The van der Waals surface area contributed by atoms with Gasteiger partial charge in [0, 0.05) is 12.1 Å². The van der Waals surface area contributed by atoms with Gasteiger partial charge in [-0.3, -0.25) is 0 Å². The summed E-state index contributed by atoms with van der Waals surface area (Å²) in [6.07, 6.45) is 0.832. The smallest absolute Gasteiger partial charge is 0.203 e. The van der Waals surface area contributed by atoms with E-state index in [-0.39, 0.29) is 5.41 Å². The Kier molecular flexibility index (Phi) is 7.20. The number of ether oxygens (including phenoxy) is 4. The number of imidazole rings is 1. The van der Waals surface area contributed by atoms with Gasteiger partial charge in [0.05, 0.1) is 39.0 Å². The van der Waals surface area contributed by atoms with Crippen molar-refractivity contribution < 1.29 is 18.9 Å². The standard InChI is InChI=1S/C29H34N2O4/c1-29(2,3)21-12-14-22(15-13-21)35-17-9-16-31-24-11-8-7-10-23(24)30-28(31)20-18-25(32-4)27(34-6)26(19-20)33-5/h7-8,10-15,18-19H,9,16-17H2,1-6H3. The predicted octanol–water partition coefficient (Wildman–Crippen LogP) is 6.50. The molecule has 3 aromatic carbocycles. The highest BCUT2D eigenvalue weighted by Crippen LogP contribution is 2.41. The zero-order valence-electron chi connectivity index (χ0n) is 21.4. The normalized spacial score (nSPS) is 11.5. The molecule has 6 nitrogen and oxygen atoms in total. The van der Waals surface area contributed by atoms with E-state index in [1.54, 1.807) is 21.3 Å². The molecule has 4 rings (SSSR count). The molecular formula is C29H34N2O4. The van der Waals surface area contributed by atoms with Gasteiger partial charge in [-0.1, -0.05) is 45.0 Å². The first-order valence-corrected chi connectivity index (χ1v) is 11.8. The molecule has 184 valence electrons. The molecule has 0 aliphatic rings. The second-order valence-electron chi connectivity index (χ2n) is 9.47. The van der Waals surface area contributed by atoms with Crippen LogP contribution in [0.3, 0.4) is 0 Å². The summed E-state index contributed by atoms with van der Waals surface area (Å²) in [5, 5.41) is 0. The summed E-state index contributed by atoms with van der Waals surface area (Å²) in [6.45, 7) is 8.00. The van der Waals surface area contributed by atoms with E-state index in [2.05, 4.69) is 55.7 Å². The molecular weight excluding hydrogens is 440 g/mol. The lowest BCUT2D eigenvalue weighted by Crippen LogP contribution is -2.10. The van der Waals surface area contributed by atoms with Gasteiger partial charge in [0.25, 0.3) is 0 Å². The number of aryl methyl sites for hydroxylation is 1. The van der Waals surface area contributed by atoms with E-state index >= 15 is 0 Å². The SMILES string of the molecule is COc1cc(-c2nc3ccccc3n2CCCOc2ccc(C(C)(C)C)cc2)cc(OC)c1OC. The van der Waals surface area contributed by atoms with E-state index in [1.807, 2.05) is 30.3 Å². The number of nitrogens with zero attached hydrogens (tertiary/aromatic N) is 2. The second-order valence-corrected chi connectivity index (χ2v) is 9.47. The molecule has 0 spiro atoms. The first-order chi connectivity index (χ1) is 16.9. The molecule has 6 heteroatoms. The first kappa shape index (κ1) is 24.5. The molecule has 0 N–H and O–H groups in total. The Hall–Kier alpha value is -3.67. The fraction of sp³-hybridized carbons (Fsp3) is 0.345. The molecule has 0 fully saturated rings. The van der Waals surface area contributed by atoms with E-state index in [0.717, 1.165) is 41.1 Å². The number of aromatic nitrogens is 2. The van der Waals surface area contributed by atoms with Gasteiger partial charge in [-0.15, -0.1) is 0 Å². The van der Waals surface area contributed by atoms with Gasteiger partial charge >= 0.3 is 0 Å². The van der Waals surface area contributed by atoms with Crippen molar-refractivity contribution in [3.63, 3.8) is 0 Å². The lowest BCUT2D eigenvalue weighted by molar-refractivity contribution is 0.302. The van der Waals surface area contributed by atoms with Gasteiger partial charge in [0.2, 0.25) is 5.75 Å². The second kappa shape index (κ2) is 10.3. The maximum Gasteiger partial charge on any atom is 0.203 e. The number of rotatable bonds is 9. The maximum absolute atomic E-state index is 6.04. The van der Waals surface area contributed by atoms with Gasteiger partial charge < -0.3 is 23.5 Å². The van der Waals surface area contributed by atoms with Crippen molar-refractivity contribution >= 4 is 11.0 Å². The van der Waals surface area contributed by atoms with E-state index in [1.165, 1.54) is 5.56 Å². The van der Waals surface area contributed by atoms with Gasteiger partial charge in [0.1, 0.15) is 11.6 Å². The van der Waals surface area contributed by atoms with Gasteiger partial charge in [0.15, 0.2) is 11.5 Å². The molecule has 0 radical (unpaired) electrons. The highest BCUT2D eigenvalue weighted by Gasteiger charge is 2.19. The molecule has 0 saturated heterocycles. The molecule has 0 aliphatic heterocycles. The Morgan fingerprint density at radius 2 is 1.49 bits per heavy atom. The summed E-state index contributed by atoms with van der Waals surface area (Å²) in [4.78, 5) is 4.93. The minimum absolute atomic E-state index is 0.129. The molecule has 0 atom stereocenters. The van der Waals surface area contributed by atoms with Crippen molar-refractivity contribution in [1.82, 2.24) is 9.55 Å². The maximum atomic E-state index is 6.04. The Morgan fingerprint density at radius 3 is 2.09 bits per heavy atom. The summed E-state index contributed by atoms with van der Waals surface area (Å²) < 4.78 is 24.9. The summed E-state index contributed by atoms with van der Waals surface area (Å²) in [6, 6.07) is 20.4. The Morgan fingerprint density at radius 1 is 0.829 bits per heavy atom. The van der Waals surface area contributed by atoms with Crippen LogP contribution in [0, 0.1) is 0 Å². The van der Waals surface area contributed by atoms with Crippen molar-refractivity contribution in [3.05, 3.63) is 66.2 Å². The highest BCUT2D eigenvalue weighted by molar-refractivity contribution is 5.81. The molecule has 0 saturated carbocycles. The topological polar surface area (TPSA) is 54.7 Å². The first-order valence-electron chi connectivity index (χ1n) is 11.8. The predicted molar refractivity (Wildman–Crippen MR) is 140 cm³/mol. The fourth-order valence-electron chi connectivity index (χ4n) is 4.20. The Bertz CT molecular complexity index is 1260. The van der Waals surface area contributed by atoms with E-state index in [0.29, 0.717) is 23.9 Å². The van der Waals surface area contributed by atoms with E-state index in [4.69, 9.17) is 23.9 Å². The Labute approximate surface area is 207 Å². The van der Waals surface area contributed by atoms with Crippen LogP contribution in [0.2, 0.25) is 0 Å². The molecule has 0 amide bonds. The minimum Gasteiger partial charge on any atom is -0.494 e. The Balaban J connectivity index is 1.57. The van der Waals surface area contributed by atoms with Crippen LogP contribution in [0.15, 0.2) is 60.7 Å². The molecule has 0 aliphatic carbocycles. The van der Waals surface area contributed by atoms with Crippen LogP contribution in [0.5, 0.6) is 23.0 Å². The summed E-state index contributed by atoms with van der Waals surface area (Å²) in [5.74, 6) is 3.50. The number of methoxy groups -OCH3 is 3. The lowest BCUT2D eigenvalue weighted by Gasteiger charge is -2.19. The third-order valence-corrected chi connectivity index (χ3v) is 6.09. The van der Waals surface area contributed by atoms with Crippen molar-refractivity contribution in [3.8, 4) is 34.4 Å². The van der Waals surface area contributed by atoms with Crippen LogP contribution in [-0.2, 0) is 12.0 Å². The largest absolute Gasteiger partial charge is 0.494 e. The van der Waals surface area contributed by atoms with Crippen LogP contribution in [0.25, 0.3) is 22.4 Å².